The molecule has 2 aromatic carbocycles. The molecule has 0 saturated carbocycles. The van der Waals surface area contributed by atoms with Crippen molar-refractivity contribution in [2.75, 3.05) is 25.0 Å². The Morgan fingerprint density at radius 2 is 2.00 bits per heavy atom. The molecule has 0 bridgehead atoms. The maximum atomic E-state index is 12.8. The third-order valence-electron chi connectivity index (χ3n) is 4.66. The average Bonchev–Trinajstić information content (AvgIpc) is 3.13. The summed E-state index contributed by atoms with van der Waals surface area (Å²) in [6, 6.07) is 13.8. The smallest absolute Gasteiger partial charge is 0.321 e. The van der Waals surface area contributed by atoms with Crippen LogP contribution in [0.25, 0.3) is 10.9 Å². The number of anilines is 1. The van der Waals surface area contributed by atoms with E-state index in [1.54, 1.807) is 54.4 Å². The summed E-state index contributed by atoms with van der Waals surface area (Å²) in [5.41, 5.74) is 1.49. The summed E-state index contributed by atoms with van der Waals surface area (Å²) in [4.78, 5) is 47.1. The van der Waals surface area contributed by atoms with Crippen LogP contribution in [-0.4, -0.2) is 46.9 Å². The number of fused-ring (bicyclic) bond motifs is 1. The third-order valence-corrected chi connectivity index (χ3v) is 4.66. The summed E-state index contributed by atoms with van der Waals surface area (Å²) in [5, 5.41) is 3.25. The van der Waals surface area contributed by atoms with Crippen LogP contribution in [0.3, 0.4) is 0 Å². The molecule has 4 rings (SSSR count). The molecule has 1 aliphatic rings. The van der Waals surface area contributed by atoms with Crippen LogP contribution in [0.1, 0.15) is 16.2 Å². The van der Waals surface area contributed by atoms with Crippen LogP contribution in [-0.2, 0) is 6.54 Å². The zero-order valence-corrected chi connectivity index (χ0v) is 15.3. The van der Waals surface area contributed by atoms with Gasteiger partial charge in [-0.25, -0.2) is 9.78 Å². The summed E-state index contributed by atoms with van der Waals surface area (Å²) in [6.07, 6.45) is 0. The number of aromatic amines is 1. The first-order chi connectivity index (χ1) is 13.5. The van der Waals surface area contributed by atoms with E-state index in [9.17, 15) is 14.4 Å². The van der Waals surface area contributed by atoms with Crippen LogP contribution in [0.15, 0.2) is 53.3 Å². The molecular formula is C20H19N5O3. The zero-order chi connectivity index (χ0) is 19.7. The van der Waals surface area contributed by atoms with E-state index in [-0.39, 0.29) is 24.0 Å². The van der Waals surface area contributed by atoms with E-state index in [2.05, 4.69) is 15.3 Å². The number of aromatic nitrogens is 2. The van der Waals surface area contributed by atoms with Gasteiger partial charge in [0.15, 0.2) is 0 Å². The molecule has 2 N–H and O–H groups in total. The van der Waals surface area contributed by atoms with Crippen LogP contribution in [0.5, 0.6) is 0 Å². The highest BCUT2D eigenvalue weighted by Crippen LogP contribution is 2.19. The van der Waals surface area contributed by atoms with Crippen LogP contribution in [0.4, 0.5) is 10.5 Å². The number of amides is 3. The van der Waals surface area contributed by atoms with Crippen molar-refractivity contribution < 1.29 is 9.59 Å². The summed E-state index contributed by atoms with van der Waals surface area (Å²) in [7, 11) is 1.65. The fourth-order valence-electron chi connectivity index (χ4n) is 3.25. The minimum atomic E-state index is -0.233. The highest BCUT2D eigenvalue weighted by Gasteiger charge is 2.22. The van der Waals surface area contributed by atoms with Crippen molar-refractivity contribution >= 4 is 28.5 Å². The summed E-state index contributed by atoms with van der Waals surface area (Å²) in [5.74, 6) is 0.187. The van der Waals surface area contributed by atoms with Gasteiger partial charge in [0.25, 0.3) is 11.5 Å². The van der Waals surface area contributed by atoms with E-state index < -0.39 is 0 Å². The molecule has 1 fully saturated rings. The molecule has 28 heavy (non-hydrogen) atoms. The molecule has 0 radical (unpaired) electrons. The van der Waals surface area contributed by atoms with Gasteiger partial charge in [0.1, 0.15) is 5.82 Å². The Balaban J connectivity index is 1.55. The Bertz CT molecular complexity index is 1120. The second kappa shape index (κ2) is 7.15. The highest BCUT2D eigenvalue weighted by molar-refractivity contribution is 5.98. The molecule has 1 aliphatic heterocycles. The summed E-state index contributed by atoms with van der Waals surface area (Å²) < 4.78 is 0. The van der Waals surface area contributed by atoms with Crippen LogP contribution in [0, 0.1) is 0 Å². The van der Waals surface area contributed by atoms with Gasteiger partial charge in [-0.15, -0.1) is 0 Å². The van der Waals surface area contributed by atoms with Crippen LogP contribution in [0.2, 0.25) is 0 Å². The Labute approximate surface area is 160 Å². The van der Waals surface area contributed by atoms with Crippen molar-refractivity contribution in [3.05, 3.63) is 70.3 Å². The number of rotatable bonds is 4. The van der Waals surface area contributed by atoms with Gasteiger partial charge in [-0.3, -0.25) is 14.5 Å². The minimum Gasteiger partial charge on any atom is -0.336 e. The summed E-state index contributed by atoms with van der Waals surface area (Å²) in [6.45, 7) is 1.31. The number of H-pyrrole nitrogens is 1. The first-order valence-corrected chi connectivity index (χ1v) is 8.92. The third kappa shape index (κ3) is 3.32. The second-order valence-corrected chi connectivity index (χ2v) is 6.62. The molecule has 3 amide bonds. The number of nitrogens with one attached hydrogen (secondary N) is 2. The van der Waals surface area contributed by atoms with Crippen molar-refractivity contribution in [3.63, 3.8) is 0 Å². The van der Waals surface area contributed by atoms with Gasteiger partial charge in [-0.2, -0.15) is 0 Å². The van der Waals surface area contributed by atoms with Gasteiger partial charge in [0, 0.05) is 31.4 Å². The number of hydrogen-bond donors (Lipinski definition) is 2. The van der Waals surface area contributed by atoms with Crippen LogP contribution >= 0.6 is 0 Å². The van der Waals surface area contributed by atoms with E-state index >= 15 is 0 Å². The fourth-order valence-corrected chi connectivity index (χ4v) is 3.25. The molecule has 8 heteroatoms. The zero-order valence-electron chi connectivity index (χ0n) is 15.3. The Hall–Kier alpha value is -3.68. The molecule has 8 nitrogen and oxygen atoms in total. The lowest BCUT2D eigenvalue weighted by Crippen LogP contribution is -2.30. The molecule has 0 unspecified atom stereocenters. The number of carbonyl (C=O) groups is 2. The maximum absolute atomic E-state index is 12.8. The second-order valence-electron chi connectivity index (χ2n) is 6.62. The number of urea groups is 1. The summed E-state index contributed by atoms with van der Waals surface area (Å²) >= 11 is 0. The van der Waals surface area contributed by atoms with E-state index in [4.69, 9.17) is 0 Å². The lowest BCUT2D eigenvalue weighted by Gasteiger charge is -2.19. The lowest BCUT2D eigenvalue weighted by molar-refractivity contribution is 0.0781. The molecular weight excluding hydrogens is 358 g/mol. The topological polar surface area (TPSA) is 98.4 Å². The quantitative estimate of drug-likeness (QED) is 0.723. The molecule has 1 aromatic heterocycles. The van der Waals surface area contributed by atoms with E-state index in [0.717, 1.165) is 0 Å². The highest BCUT2D eigenvalue weighted by atomic mass is 16.2. The first-order valence-electron chi connectivity index (χ1n) is 8.92. The normalized spacial score (nSPS) is 13.6. The molecule has 3 aromatic rings. The number of carbonyl (C=O) groups excluding carboxylic acids is 2. The van der Waals surface area contributed by atoms with Gasteiger partial charge >= 0.3 is 6.03 Å². The molecule has 0 aliphatic carbocycles. The first kappa shape index (κ1) is 17.7. The fraction of sp³-hybridized carbons (Fsp3) is 0.200. The standard InChI is InChI=1S/C20H19N5O3/c1-24(12-17-22-16-8-3-2-7-15(16)18(26)23-17)19(27)13-5-4-6-14(11-13)25-10-9-21-20(25)28/h2-8,11H,9-10,12H2,1H3,(H,21,28)(H,22,23,26). The molecule has 1 saturated heterocycles. The monoisotopic (exact) mass is 377 g/mol. The number of nitrogens with zero attached hydrogens (tertiary/aromatic N) is 3. The van der Waals surface area contributed by atoms with Gasteiger partial charge < -0.3 is 15.2 Å². The van der Waals surface area contributed by atoms with E-state index in [1.807, 2.05) is 6.07 Å². The van der Waals surface area contributed by atoms with Crippen molar-refractivity contribution in [3.8, 4) is 0 Å². The van der Waals surface area contributed by atoms with Crippen molar-refractivity contribution in [1.82, 2.24) is 20.2 Å². The number of para-hydroxylation sites is 1. The van der Waals surface area contributed by atoms with Gasteiger partial charge in [-0.05, 0) is 30.3 Å². The van der Waals surface area contributed by atoms with Crippen molar-refractivity contribution in [2.45, 2.75) is 6.54 Å². The average molecular weight is 377 g/mol. The Kier molecular flexibility index (Phi) is 4.52. The van der Waals surface area contributed by atoms with Gasteiger partial charge in [0.05, 0.1) is 17.4 Å². The maximum Gasteiger partial charge on any atom is 0.321 e. The molecule has 0 spiro atoms. The Morgan fingerprint density at radius 3 is 2.79 bits per heavy atom. The number of hydrogen-bond acceptors (Lipinski definition) is 4. The molecule has 2 heterocycles. The SMILES string of the molecule is CN(Cc1nc2ccccc2c(=O)[nH]1)C(=O)c1cccc(N2CCNC2=O)c1. The van der Waals surface area contributed by atoms with Crippen molar-refractivity contribution in [2.24, 2.45) is 0 Å². The molecule has 0 atom stereocenters. The van der Waals surface area contributed by atoms with Crippen molar-refractivity contribution in [1.29, 1.82) is 0 Å². The molecule has 142 valence electrons. The van der Waals surface area contributed by atoms with Gasteiger partial charge in [-0.1, -0.05) is 18.2 Å². The largest absolute Gasteiger partial charge is 0.336 e. The number of benzene rings is 2. The van der Waals surface area contributed by atoms with E-state index in [0.29, 0.717) is 41.1 Å². The van der Waals surface area contributed by atoms with E-state index in [1.165, 1.54) is 4.90 Å². The van der Waals surface area contributed by atoms with Crippen LogP contribution < -0.4 is 15.8 Å². The minimum absolute atomic E-state index is 0.160. The van der Waals surface area contributed by atoms with Gasteiger partial charge in [0.2, 0.25) is 0 Å². The predicted molar refractivity (Wildman–Crippen MR) is 105 cm³/mol. The predicted octanol–water partition coefficient (Wildman–Crippen LogP) is 1.72. The Morgan fingerprint density at radius 1 is 1.18 bits per heavy atom. The lowest BCUT2D eigenvalue weighted by atomic mass is 10.1.